The van der Waals surface area contributed by atoms with Crippen molar-refractivity contribution in [2.45, 2.75) is 17.9 Å². The van der Waals surface area contributed by atoms with Gasteiger partial charge in [0.2, 0.25) is 5.91 Å². The molecular formula is C16H14FNOS. The topological polar surface area (TPSA) is 20.3 Å². The smallest absolute Gasteiger partial charge is 0.228 e. The van der Waals surface area contributed by atoms with E-state index in [9.17, 15) is 9.18 Å². The Morgan fingerprint density at radius 2 is 2.00 bits per heavy atom. The molecule has 0 fully saturated rings. The van der Waals surface area contributed by atoms with Gasteiger partial charge in [-0.1, -0.05) is 24.3 Å². The average molecular weight is 287 g/mol. The van der Waals surface area contributed by atoms with Crippen molar-refractivity contribution < 1.29 is 9.18 Å². The average Bonchev–Trinajstić information content (AvgIpc) is 2.59. The molecule has 102 valence electrons. The van der Waals surface area contributed by atoms with Crippen LogP contribution in [0.3, 0.4) is 0 Å². The third kappa shape index (κ3) is 2.70. The van der Waals surface area contributed by atoms with Crippen LogP contribution in [0.4, 0.5) is 10.1 Å². The van der Waals surface area contributed by atoms with E-state index < -0.39 is 0 Å². The van der Waals surface area contributed by atoms with Crippen LogP contribution in [0.2, 0.25) is 0 Å². The number of fused-ring (bicyclic) bond motifs is 1. The second kappa shape index (κ2) is 5.67. The number of amides is 1. The summed E-state index contributed by atoms with van der Waals surface area (Å²) in [5.41, 5.74) is 1.73. The van der Waals surface area contributed by atoms with Crippen LogP contribution in [0, 0.1) is 5.82 Å². The molecule has 2 aromatic carbocycles. The maximum atomic E-state index is 13.3. The largest absolute Gasteiger partial charge is 0.307 e. The molecule has 0 bridgehead atoms. The summed E-state index contributed by atoms with van der Waals surface area (Å²) >= 11 is 1.69. The number of hydrogen-bond acceptors (Lipinski definition) is 2. The molecule has 2 aromatic rings. The number of rotatable bonds is 2. The third-order valence-electron chi connectivity index (χ3n) is 3.26. The summed E-state index contributed by atoms with van der Waals surface area (Å²) in [5, 5.41) is 0. The second-order valence-electron chi connectivity index (χ2n) is 4.68. The van der Waals surface area contributed by atoms with E-state index in [-0.39, 0.29) is 11.7 Å². The Balaban J connectivity index is 1.96. The molecule has 0 unspecified atom stereocenters. The Morgan fingerprint density at radius 1 is 1.15 bits per heavy atom. The zero-order chi connectivity index (χ0) is 13.9. The standard InChI is InChI=1S/C16H14FNOS/c17-13-5-3-4-12(10-13)11-18-14-6-1-2-7-15(14)20-9-8-16(18)19/h1-7,10H,8-9,11H2. The number of halogens is 1. The van der Waals surface area contributed by atoms with E-state index in [0.717, 1.165) is 21.9 Å². The van der Waals surface area contributed by atoms with Gasteiger partial charge in [-0.3, -0.25) is 4.79 Å². The van der Waals surface area contributed by atoms with E-state index in [1.807, 2.05) is 30.3 Å². The predicted octanol–water partition coefficient (Wildman–Crippen LogP) is 3.85. The van der Waals surface area contributed by atoms with Crippen LogP contribution >= 0.6 is 11.8 Å². The van der Waals surface area contributed by atoms with Crippen LogP contribution in [-0.4, -0.2) is 11.7 Å². The van der Waals surface area contributed by atoms with Crippen molar-refractivity contribution in [3.05, 3.63) is 59.9 Å². The minimum Gasteiger partial charge on any atom is -0.307 e. The van der Waals surface area contributed by atoms with Crippen LogP contribution in [0.15, 0.2) is 53.4 Å². The van der Waals surface area contributed by atoms with E-state index >= 15 is 0 Å². The fraction of sp³-hybridized carbons (Fsp3) is 0.188. The van der Waals surface area contributed by atoms with Gasteiger partial charge in [0.05, 0.1) is 12.2 Å². The molecule has 0 aromatic heterocycles. The Morgan fingerprint density at radius 3 is 2.85 bits per heavy atom. The maximum absolute atomic E-state index is 13.3. The molecule has 3 rings (SSSR count). The lowest BCUT2D eigenvalue weighted by Gasteiger charge is -2.22. The normalized spacial score (nSPS) is 14.8. The van der Waals surface area contributed by atoms with E-state index in [1.54, 1.807) is 22.7 Å². The molecule has 20 heavy (non-hydrogen) atoms. The van der Waals surface area contributed by atoms with Crippen molar-refractivity contribution in [2.24, 2.45) is 0 Å². The Hall–Kier alpha value is -1.81. The zero-order valence-corrected chi connectivity index (χ0v) is 11.7. The van der Waals surface area contributed by atoms with Gasteiger partial charge in [0.1, 0.15) is 5.82 Å². The number of para-hydroxylation sites is 1. The number of nitrogens with zero attached hydrogens (tertiary/aromatic N) is 1. The number of carbonyl (C=O) groups is 1. The number of carbonyl (C=O) groups excluding carboxylic acids is 1. The number of benzene rings is 2. The summed E-state index contributed by atoms with van der Waals surface area (Å²) in [6, 6.07) is 14.3. The summed E-state index contributed by atoms with van der Waals surface area (Å²) in [6.45, 7) is 0.411. The van der Waals surface area contributed by atoms with Gasteiger partial charge in [-0.15, -0.1) is 11.8 Å². The van der Waals surface area contributed by atoms with Crippen molar-refractivity contribution >= 4 is 23.4 Å². The van der Waals surface area contributed by atoms with E-state index in [1.165, 1.54) is 12.1 Å². The molecule has 0 radical (unpaired) electrons. The highest BCUT2D eigenvalue weighted by Crippen LogP contribution is 2.34. The zero-order valence-electron chi connectivity index (χ0n) is 10.9. The number of hydrogen-bond donors (Lipinski definition) is 0. The van der Waals surface area contributed by atoms with Crippen LogP contribution in [0.25, 0.3) is 0 Å². The first kappa shape index (κ1) is 13.2. The molecule has 0 saturated heterocycles. The van der Waals surface area contributed by atoms with Gasteiger partial charge in [-0.2, -0.15) is 0 Å². The van der Waals surface area contributed by atoms with Gasteiger partial charge in [0.25, 0.3) is 0 Å². The van der Waals surface area contributed by atoms with Crippen LogP contribution in [-0.2, 0) is 11.3 Å². The summed E-state index contributed by atoms with van der Waals surface area (Å²) < 4.78 is 13.3. The van der Waals surface area contributed by atoms with Crippen molar-refractivity contribution in [1.82, 2.24) is 0 Å². The Labute approximate surface area is 121 Å². The van der Waals surface area contributed by atoms with E-state index in [2.05, 4.69) is 0 Å². The minimum atomic E-state index is -0.271. The summed E-state index contributed by atoms with van der Waals surface area (Å²) in [4.78, 5) is 15.1. The molecular weight excluding hydrogens is 273 g/mol. The monoisotopic (exact) mass is 287 g/mol. The van der Waals surface area contributed by atoms with Crippen molar-refractivity contribution in [2.75, 3.05) is 10.7 Å². The fourth-order valence-corrected chi connectivity index (χ4v) is 3.31. The Bertz CT molecular complexity index is 644. The van der Waals surface area contributed by atoms with Gasteiger partial charge in [0, 0.05) is 17.1 Å². The first-order chi connectivity index (χ1) is 9.74. The molecule has 0 atom stereocenters. The Kier molecular flexibility index (Phi) is 3.74. The minimum absolute atomic E-state index is 0.0895. The molecule has 1 amide bonds. The predicted molar refractivity (Wildman–Crippen MR) is 79.4 cm³/mol. The molecule has 0 spiro atoms. The van der Waals surface area contributed by atoms with Gasteiger partial charge < -0.3 is 4.90 Å². The highest BCUT2D eigenvalue weighted by molar-refractivity contribution is 7.99. The quantitative estimate of drug-likeness (QED) is 0.836. The van der Waals surface area contributed by atoms with Crippen LogP contribution in [0.1, 0.15) is 12.0 Å². The van der Waals surface area contributed by atoms with E-state index in [0.29, 0.717) is 13.0 Å². The molecule has 1 aliphatic heterocycles. The van der Waals surface area contributed by atoms with Crippen molar-refractivity contribution in [1.29, 1.82) is 0 Å². The maximum Gasteiger partial charge on any atom is 0.228 e. The molecule has 0 aliphatic carbocycles. The summed E-state index contributed by atoms with van der Waals surface area (Å²) in [5.74, 6) is 0.606. The van der Waals surface area contributed by atoms with Crippen LogP contribution < -0.4 is 4.90 Å². The fourth-order valence-electron chi connectivity index (χ4n) is 2.31. The lowest BCUT2D eigenvalue weighted by atomic mass is 10.2. The molecule has 4 heteroatoms. The molecule has 0 N–H and O–H groups in total. The number of thioether (sulfide) groups is 1. The highest BCUT2D eigenvalue weighted by Gasteiger charge is 2.22. The van der Waals surface area contributed by atoms with Gasteiger partial charge in [0.15, 0.2) is 0 Å². The summed E-state index contributed by atoms with van der Waals surface area (Å²) in [6.07, 6.45) is 0.509. The third-order valence-corrected chi connectivity index (χ3v) is 4.32. The lowest BCUT2D eigenvalue weighted by molar-refractivity contribution is -0.118. The van der Waals surface area contributed by atoms with Gasteiger partial charge >= 0.3 is 0 Å². The molecule has 2 nitrogen and oxygen atoms in total. The molecule has 1 aliphatic rings. The first-order valence-electron chi connectivity index (χ1n) is 6.51. The lowest BCUT2D eigenvalue weighted by Crippen LogP contribution is -2.29. The highest BCUT2D eigenvalue weighted by atomic mass is 32.2. The molecule has 0 saturated carbocycles. The first-order valence-corrected chi connectivity index (χ1v) is 7.49. The van der Waals surface area contributed by atoms with Gasteiger partial charge in [-0.05, 0) is 29.8 Å². The van der Waals surface area contributed by atoms with E-state index in [4.69, 9.17) is 0 Å². The SMILES string of the molecule is O=C1CCSc2ccccc2N1Cc1cccc(F)c1. The van der Waals surface area contributed by atoms with Crippen LogP contribution in [0.5, 0.6) is 0 Å². The molecule has 1 heterocycles. The van der Waals surface area contributed by atoms with Crippen molar-refractivity contribution in [3.8, 4) is 0 Å². The van der Waals surface area contributed by atoms with Gasteiger partial charge in [-0.25, -0.2) is 4.39 Å². The summed E-state index contributed by atoms with van der Waals surface area (Å²) in [7, 11) is 0. The van der Waals surface area contributed by atoms with Crippen molar-refractivity contribution in [3.63, 3.8) is 0 Å². The second-order valence-corrected chi connectivity index (χ2v) is 5.81. The number of anilines is 1.